The van der Waals surface area contributed by atoms with Gasteiger partial charge in [0.05, 0.1) is 13.2 Å². The first-order valence-corrected chi connectivity index (χ1v) is 6.84. The van der Waals surface area contributed by atoms with Crippen molar-refractivity contribution < 1.29 is 28.7 Å². The van der Waals surface area contributed by atoms with Crippen LogP contribution in [0.3, 0.4) is 0 Å². The average molecular weight is 282 g/mol. The number of fused-ring (bicyclic) bond motifs is 3. The zero-order chi connectivity index (χ0) is 15.0. The van der Waals surface area contributed by atoms with Gasteiger partial charge >= 0.3 is 11.9 Å². The average Bonchev–Trinajstić information content (AvgIpc) is 2.41. The number of carbonyl (C=O) groups is 4. The third kappa shape index (κ3) is 1.85. The number of Topliss-reactive ketones (excluding diaryl/α,β-unsaturated/α-hetero) is 2. The van der Waals surface area contributed by atoms with Crippen LogP contribution < -0.4 is 0 Å². The van der Waals surface area contributed by atoms with E-state index in [1.165, 1.54) is 0 Å². The van der Waals surface area contributed by atoms with Crippen molar-refractivity contribution in [2.24, 2.45) is 10.8 Å². The van der Waals surface area contributed by atoms with Crippen LogP contribution in [0.25, 0.3) is 0 Å². The van der Waals surface area contributed by atoms with Gasteiger partial charge in [0.15, 0.2) is 11.6 Å². The van der Waals surface area contributed by atoms with E-state index in [0.717, 1.165) is 0 Å². The summed E-state index contributed by atoms with van der Waals surface area (Å²) in [4.78, 5) is 48.6. The van der Waals surface area contributed by atoms with Crippen LogP contribution in [0.5, 0.6) is 0 Å². The molecule has 6 nitrogen and oxygen atoms in total. The number of ketones is 2. The molecule has 2 bridgehead atoms. The maximum Gasteiger partial charge on any atom is 0.320 e. The molecule has 2 atom stereocenters. The standard InChI is InChI=1S/C14H18O6/c1-3-19-11(17)13-5-6-14(8-9(13)15,10(16)7-13)12(18)20-4-2/h3-8H2,1-2H3/t13-,14-/m1/s1. The third-order valence-corrected chi connectivity index (χ3v) is 4.30. The van der Waals surface area contributed by atoms with E-state index in [1.54, 1.807) is 13.8 Å². The first-order valence-electron chi connectivity index (χ1n) is 6.84. The second kappa shape index (κ2) is 5.00. The Morgan fingerprint density at radius 1 is 0.900 bits per heavy atom. The Labute approximate surface area is 116 Å². The normalized spacial score (nSPS) is 32.1. The van der Waals surface area contributed by atoms with E-state index < -0.39 is 22.8 Å². The van der Waals surface area contributed by atoms with Crippen LogP contribution in [0.1, 0.15) is 39.5 Å². The molecule has 0 aromatic carbocycles. The molecule has 3 aliphatic carbocycles. The summed E-state index contributed by atoms with van der Waals surface area (Å²) in [6.07, 6.45) is -0.141. The molecule has 0 spiro atoms. The van der Waals surface area contributed by atoms with Crippen molar-refractivity contribution in [3.8, 4) is 0 Å². The Bertz CT molecular complexity index is 438. The Morgan fingerprint density at radius 3 is 1.50 bits per heavy atom. The van der Waals surface area contributed by atoms with Gasteiger partial charge in [-0.15, -0.1) is 0 Å². The summed E-state index contributed by atoms with van der Waals surface area (Å²) >= 11 is 0. The first-order chi connectivity index (χ1) is 9.43. The largest absolute Gasteiger partial charge is 0.465 e. The fourth-order valence-electron chi connectivity index (χ4n) is 3.08. The summed E-state index contributed by atoms with van der Waals surface area (Å²) in [5.41, 5.74) is -2.75. The minimum atomic E-state index is -1.37. The van der Waals surface area contributed by atoms with Crippen molar-refractivity contribution in [2.45, 2.75) is 39.5 Å². The lowest BCUT2D eigenvalue weighted by molar-refractivity contribution is -0.184. The molecule has 3 saturated carbocycles. The maximum atomic E-state index is 12.3. The molecule has 0 saturated heterocycles. The van der Waals surface area contributed by atoms with E-state index in [2.05, 4.69) is 0 Å². The molecule has 20 heavy (non-hydrogen) atoms. The van der Waals surface area contributed by atoms with E-state index in [1.807, 2.05) is 0 Å². The number of hydrogen-bond acceptors (Lipinski definition) is 6. The van der Waals surface area contributed by atoms with E-state index in [9.17, 15) is 19.2 Å². The van der Waals surface area contributed by atoms with Crippen molar-refractivity contribution in [2.75, 3.05) is 13.2 Å². The summed E-state index contributed by atoms with van der Waals surface area (Å²) in [6.45, 7) is 3.61. The lowest BCUT2D eigenvalue weighted by Gasteiger charge is -2.47. The highest BCUT2D eigenvalue weighted by molar-refractivity contribution is 6.19. The van der Waals surface area contributed by atoms with Gasteiger partial charge in [0.1, 0.15) is 10.8 Å². The van der Waals surface area contributed by atoms with Crippen molar-refractivity contribution in [3.63, 3.8) is 0 Å². The van der Waals surface area contributed by atoms with E-state index in [4.69, 9.17) is 9.47 Å². The highest BCUT2D eigenvalue weighted by Gasteiger charge is 2.66. The van der Waals surface area contributed by atoms with E-state index >= 15 is 0 Å². The van der Waals surface area contributed by atoms with Crippen LogP contribution in [0.2, 0.25) is 0 Å². The maximum absolute atomic E-state index is 12.3. The highest BCUT2D eigenvalue weighted by Crippen LogP contribution is 2.53. The van der Waals surface area contributed by atoms with Gasteiger partial charge in [0.25, 0.3) is 0 Å². The predicted molar refractivity (Wildman–Crippen MR) is 66.6 cm³/mol. The van der Waals surface area contributed by atoms with Gasteiger partial charge in [-0.2, -0.15) is 0 Å². The minimum absolute atomic E-state index is 0.158. The van der Waals surface area contributed by atoms with Crippen LogP contribution in [0.4, 0.5) is 0 Å². The number of esters is 2. The Hall–Kier alpha value is -1.72. The summed E-state index contributed by atoms with van der Waals surface area (Å²) < 4.78 is 9.86. The van der Waals surface area contributed by atoms with Crippen LogP contribution in [0.15, 0.2) is 0 Å². The van der Waals surface area contributed by atoms with Crippen molar-refractivity contribution in [3.05, 3.63) is 0 Å². The van der Waals surface area contributed by atoms with Gasteiger partial charge in [-0.25, -0.2) is 0 Å². The zero-order valence-corrected chi connectivity index (χ0v) is 11.7. The fourth-order valence-corrected chi connectivity index (χ4v) is 3.08. The quantitative estimate of drug-likeness (QED) is 0.560. The molecule has 3 fully saturated rings. The zero-order valence-electron chi connectivity index (χ0n) is 11.7. The minimum Gasteiger partial charge on any atom is -0.465 e. The van der Waals surface area contributed by atoms with Crippen LogP contribution in [0, 0.1) is 10.8 Å². The molecule has 0 N–H and O–H groups in total. The number of ether oxygens (including phenoxy) is 2. The van der Waals surface area contributed by atoms with Gasteiger partial charge in [-0.3, -0.25) is 19.2 Å². The van der Waals surface area contributed by atoms with Crippen molar-refractivity contribution >= 4 is 23.5 Å². The molecule has 0 aromatic heterocycles. The van der Waals surface area contributed by atoms with Gasteiger partial charge in [-0.1, -0.05) is 0 Å². The van der Waals surface area contributed by atoms with Crippen molar-refractivity contribution in [1.82, 2.24) is 0 Å². The molecule has 0 unspecified atom stereocenters. The summed E-state index contributed by atoms with van der Waals surface area (Å²) in [7, 11) is 0. The molecule has 3 rings (SSSR count). The smallest absolute Gasteiger partial charge is 0.320 e. The second-order valence-electron chi connectivity index (χ2n) is 5.31. The van der Waals surface area contributed by atoms with Gasteiger partial charge in [0, 0.05) is 12.8 Å². The molecular weight excluding hydrogens is 264 g/mol. The lowest BCUT2D eigenvalue weighted by Crippen LogP contribution is -2.60. The summed E-state index contributed by atoms with van der Waals surface area (Å²) in [6, 6.07) is 0. The van der Waals surface area contributed by atoms with E-state index in [-0.39, 0.29) is 50.5 Å². The molecule has 110 valence electrons. The SMILES string of the molecule is CCOC(=O)[C@@]12CC[C@@](C(=O)OCC)(CC1=O)C(=O)C2. The Balaban J connectivity index is 2.30. The molecule has 0 aliphatic heterocycles. The lowest BCUT2D eigenvalue weighted by atomic mass is 9.52. The molecule has 0 aromatic rings. The predicted octanol–water partition coefficient (Wildman–Crippen LogP) is 0.811. The number of rotatable bonds is 4. The molecule has 6 heteroatoms. The molecular formula is C14H18O6. The Kier molecular flexibility index (Phi) is 3.67. The van der Waals surface area contributed by atoms with Gasteiger partial charge in [-0.05, 0) is 26.7 Å². The van der Waals surface area contributed by atoms with Gasteiger partial charge < -0.3 is 9.47 Å². The number of carbonyl (C=O) groups excluding carboxylic acids is 4. The third-order valence-electron chi connectivity index (χ3n) is 4.30. The monoisotopic (exact) mass is 282 g/mol. The Morgan fingerprint density at radius 2 is 1.25 bits per heavy atom. The highest BCUT2D eigenvalue weighted by atomic mass is 16.5. The molecule has 3 aliphatic rings. The molecule has 0 heterocycles. The number of hydrogen-bond donors (Lipinski definition) is 0. The van der Waals surface area contributed by atoms with Crippen LogP contribution in [-0.4, -0.2) is 36.7 Å². The first kappa shape index (κ1) is 14.7. The van der Waals surface area contributed by atoms with Crippen molar-refractivity contribution in [1.29, 1.82) is 0 Å². The topological polar surface area (TPSA) is 86.7 Å². The summed E-state index contributed by atoms with van der Waals surface area (Å²) in [5.74, 6) is -2.05. The summed E-state index contributed by atoms with van der Waals surface area (Å²) in [5, 5.41) is 0. The van der Waals surface area contributed by atoms with Crippen LogP contribution >= 0.6 is 0 Å². The second-order valence-corrected chi connectivity index (χ2v) is 5.31. The van der Waals surface area contributed by atoms with Crippen LogP contribution in [-0.2, 0) is 28.7 Å². The van der Waals surface area contributed by atoms with E-state index in [0.29, 0.717) is 0 Å². The van der Waals surface area contributed by atoms with Gasteiger partial charge in [0.2, 0.25) is 0 Å². The molecule has 0 radical (unpaired) electrons. The molecule has 0 amide bonds. The fraction of sp³-hybridized carbons (Fsp3) is 0.714.